The van der Waals surface area contributed by atoms with Crippen LogP contribution in [0.3, 0.4) is 0 Å². The zero-order valence-corrected chi connectivity index (χ0v) is 18.9. The van der Waals surface area contributed by atoms with E-state index in [9.17, 15) is 10.0 Å². The molecule has 3 aromatic carbocycles. The van der Waals surface area contributed by atoms with Gasteiger partial charge in [0, 0.05) is 12.4 Å². The average molecular weight is 451 g/mol. The fraction of sp³-hybridized carbons (Fsp3) is 0.138. The van der Waals surface area contributed by atoms with Crippen molar-refractivity contribution in [1.82, 2.24) is 4.98 Å². The average Bonchev–Trinajstić information content (AvgIpc) is 2.88. The first-order valence-corrected chi connectivity index (χ1v) is 11.2. The fourth-order valence-electron chi connectivity index (χ4n) is 4.21. The van der Waals surface area contributed by atoms with Gasteiger partial charge in [-0.25, -0.2) is 4.79 Å². The summed E-state index contributed by atoms with van der Waals surface area (Å²) in [6, 6.07) is 27.1. The van der Waals surface area contributed by atoms with E-state index in [2.05, 4.69) is 41.3 Å². The van der Waals surface area contributed by atoms with Crippen molar-refractivity contribution in [3.05, 3.63) is 125 Å². The molecule has 5 nitrogen and oxygen atoms in total. The first-order chi connectivity index (χ1) is 16.6. The lowest BCUT2D eigenvalue weighted by Crippen LogP contribution is -2.16. The Labute approximate surface area is 199 Å². The third-order valence-corrected chi connectivity index (χ3v) is 6.09. The lowest BCUT2D eigenvalue weighted by atomic mass is 9.82. The molecule has 0 saturated carbocycles. The summed E-state index contributed by atoms with van der Waals surface area (Å²) >= 11 is 0. The van der Waals surface area contributed by atoms with Crippen LogP contribution in [0.5, 0.6) is 0 Å². The van der Waals surface area contributed by atoms with E-state index >= 15 is 0 Å². The maximum atomic E-state index is 11.1. The van der Waals surface area contributed by atoms with Gasteiger partial charge >= 0.3 is 5.97 Å². The predicted molar refractivity (Wildman–Crippen MR) is 134 cm³/mol. The molecule has 0 aliphatic heterocycles. The summed E-state index contributed by atoms with van der Waals surface area (Å²) in [4.78, 5) is 15.2. The van der Waals surface area contributed by atoms with Crippen LogP contribution < -0.4 is 0 Å². The molecule has 0 aliphatic carbocycles. The SMILES string of the molecule is Cc1ccccc1[C@H](/C(CCc1ccncc1)=N/O)c1ccc(-c2ccc(C(=O)O)cc2)cc1. The molecule has 1 heterocycles. The van der Waals surface area contributed by atoms with E-state index in [-0.39, 0.29) is 11.5 Å². The number of carboxylic acid groups (broad SMARTS) is 1. The van der Waals surface area contributed by atoms with E-state index in [1.807, 2.05) is 48.5 Å². The highest BCUT2D eigenvalue weighted by Gasteiger charge is 2.23. The Morgan fingerprint density at radius 3 is 2.09 bits per heavy atom. The molecule has 0 bridgehead atoms. The molecule has 4 aromatic rings. The molecule has 1 atom stereocenters. The van der Waals surface area contributed by atoms with E-state index in [4.69, 9.17) is 5.11 Å². The molecule has 0 saturated heterocycles. The van der Waals surface area contributed by atoms with Gasteiger partial charge in [-0.2, -0.15) is 0 Å². The summed E-state index contributed by atoms with van der Waals surface area (Å²) in [7, 11) is 0. The highest BCUT2D eigenvalue weighted by atomic mass is 16.4. The summed E-state index contributed by atoms with van der Waals surface area (Å²) in [5.41, 5.74) is 7.29. The van der Waals surface area contributed by atoms with Crippen molar-refractivity contribution in [2.75, 3.05) is 0 Å². The van der Waals surface area contributed by atoms with Crippen molar-refractivity contribution in [3.8, 4) is 11.1 Å². The number of aryl methyl sites for hydroxylation is 2. The van der Waals surface area contributed by atoms with Crippen LogP contribution in [0.4, 0.5) is 0 Å². The minimum absolute atomic E-state index is 0.184. The third-order valence-electron chi connectivity index (χ3n) is 6.09. The van der Waals surface area contributed by atoms with Crippen LogP contribution in [0.2, 0.25) is 0 Å². The number of carbonyl (C=O) groups is 1. The summed E-state index contributed by atoms with van der Waals surface area (Å²) in [5.74, 6) is -1.12. The quantitative estimate of drug-likeness (QED) is 0.186. The van der Waals surface area contributed by atoms with Crippen LogP contribution in [-0.4, -0.2) is 27.0 Å². The molecule has 0 fully saturated rings. The number of oxime groups is 1. The van der Waals surface area contributed by atoms with Crippen LogP contribution in [0, 0.1) is 6.92 Å². The van der Waals surface area contributed by atoms with Gasteiger partial charge < -0.3 is 10.3 Å². The number of carboxylic acids is 1. The van der Waals surface area contributed by atoms with E-state index < -0.39 is 5.97 Å². The van der Waals surface area contributed by atoms with Crippen LogP contribution in [0.15, 0.2) is 102 Å². The standard InChI is InChI=1S/C29H26N2O3/c1-20-4-2-3-5-26(20)28(27(31-34)15-6-21-16-18-30-19-17-21)24-11-7-22(8-12-24)23-9-13-25(14-10-23)29(32)33/h2-5,7-14,16-19,28,34H,6,15H2,1H3,(H,32,33)/b31-27+/t28-/m1/s1. The largest absolute Gasteiger partial charge is 0.478 e. The van der Waals surface area contributed by atoms with Crippen molar-refractivity contribution >= 4 is 11.7 Å². The Morgan fingerprint density at radius 2 is 1.50 bits per heavy atom. The second-order valence-corrected chi connectivity index (χ2v) is 8.24. The summed E-state index contributed by atoms with van der Waals surface area (Å²) in [6.07, 6.45) is 4.90. The summed E-state index contributed by atoms with van der Waals surface area (Å²) in [5, 5.41) is 22.9. The number of hydrogen-bond donors (Lipinski definition) is 2. The number of pyridine rings is 1. The van der Waals surface area contributed by atoms with E-state index in [0.717, 1.165) is 39.8 Å². The Hall–Kier alpha value is -4.25. The maximum Gasteiger partial charge on any atom is 0.335 e. The van der Waals surface area contributed by atoms with Crippen LogP contribution >= 0.6 is 0 Å². The second-order valence-electron chi connectivity index (χ2n) is 8.24. The minimum Gasteiger partial charge on any atom is -0.478 e. The number of rotatable bonds is 8. The molecular weight excluding hydrogens is 424 g/mol. The van der Waals surface area contributed by atoms with E-state index in [1.165, 1.54) is 0 Å². The molecule has 2 N–H and O–H groups in total. The lowest BCUT2D eigenvalue weighted by Gasteiger charge is -2.22. The first-order valence-electron chi connectivity index (χ1n) is 11.2. The molecule has 0 radical (unpaired) electrons. The Bertz CT molecular complexity index is 1280. The fourth-order valence-corrected chi connectivity index (χ4v) is 4.21. The van der Waals surface area contributed by atoms with E-state index in [0.29, 0.717) is 12.1 Å². The molecule has 4 rings (SSSR count). The van der Waals surface area contributed by atoms with Crippen molar-refractivity contribution in [2.24, 2.45) is 5.16 Å². The Kier molecular flexibility index (Phi) is 7.13. The topological polar surface area (TPSA) is 82.8 Å². The molecule has 0 aliphatic rings. The van der Waals surface area contributed by atoms with Crippen LogP contribution in [-0.2, 0) is 6.42 Å². The van der Waals surface area contributed by atoms with Gasteiger partial charge in [0.2, 0.25) is 0 Å². The zero-order valence-electron chi connectivity index (χ0n) is 18.9. The molecule has 0 unspecified atom stereocenters. The van der Waals surface area contributed by atoms with Gasteiger partial charge in [-0.15, -0.1) is 0 Å². The highest BCUT2D eigenvalue weighted by molar-refractivity contribution is 5.94. The number of hydrogen-bond acceptors (Lipinski definition) is 4. The molecule has 5 heteroatoms. The number of benzene rings is 3. The zero-order chi connectivity index (χ0) is 23.9. The second kappa shape index (κ2) is 10.6. The Morgan fingerprint density at radius 1 is 0.882 bits per heavy atom. The van der Waals surface area contributed by atoms with Gasteiger partial charge in [-0.05, 0) is 77.4 Å². The maximum absolute atomic E-state index is 11.1. The minimum atomic E-state index is -0.939. The van der Waals surface area contributed by atoms with Crippen LogP contribution in [0.1, 0.15) is 45.0 Å². The molecule has 1 aromatic heterocycles. The van der Waals surface area contributed by atoms with Crippen molar-refractivity contribution in [1.29, 1.82) is 0 Å². The van der Waals surface area contributed by atoms with Crippen LogP contribution in [0.25, 0.3) is 11.1 Å². The number of nitrogens with zero attached hydrogens (tertiary/aromatic N) is 2. The van der Waals surface area contributed by atoms with E-state index in [1.54, 1.807) is 24.5 Å². The molecule has 34 heavy (non-hydrogen) atoms. The summed E-state index contributed by atoms with van der Waals surface area (Å²) in [6.45, 7) is 2.07. The highest BCUT2D eigenvalue weighted by Crippen LogP contribution is 2.32. The number of aromatic nitrogens is 1. The van der Waals surface area contributed by atoms with Gasteiger partial charge in [0.1, 0.15) is 0 Å². The van der Waals surface area contributed by atoms with Gasteiger partial charge in [0.05, 0.1) is 17.2 Å². The molecular formula is C29H26N2O3. The van der Waals surface area contributed by atoms with Crippen molar-refractivity contribution in [2.45, 2.75) is 25.7 Å². The smallest absolute Gasteiger partial charge is 0.335 e. The molecule has 0 spiro atoms. The van der Waals surface area contributed by atoms with Gasteiger partial charge in [-0.1, -0.05) is 65.8 Å². The third kappa shape index (κ3) is 5.21. The van der Waals surface area contributed by atoms with Crippen molar-refractivity contribution < 1.29 is 15.1 Å². The summed E-state index contributed by atoms with van der Waals surface area (Å²) < 4.78 is 0. The normalized spacial score (nSPS) is 12.3. The van der Waals surface area contributed by atoms with Gasteiger partial charge in [-0.3, -0.25) is 4.98 Å². The molecule has 0 amide bonds. The van der Waals surface area contributed by atoms with Gasteiger partial charge in [0.25, 0.3) is 0 Å². The molecule has 170 valence electrons. The van der Waals surface area contributed by atoms with Gasteiger partial charge in [0.15, 0.2) is 0 Å². The lowest BCUT2D eigenvalue weighted by molar-refractivity contribution is 0.0697. The monoisotopic (exact) mass is 450 g/mol. The predicted octanol–water partition coefficient (Wildman–Crippen LogP) is 6.35. The first kappa shape index (κ1) is 22.9. The Balaban J connectivity index is 1.66. The number of aromatic carboxylic acids is 1. The van der Waals surface area contributed by atoms with Crippen molar-refractivity contribution in [3.63, 3.8) is 0 Å².